The number of ether oxygens (including phenoxy) is 2. The van der Waals surface area contributed by atoms with Crippen molar-refractivity contribution in [3.05, 3.63) is 22.7 Å². The molecule has 0 radical (unpaired) electrons. The van der Waals surface area contributed by atoms with Crippen LogP contribution in [0.1, 0.15) is 31.7 Å². The zero-order valence-corrected chi connectivity index (χ0v) is 13.5. The summed E-state index contributed by atoms with van der Waals surface area (Å²) in [5.41, 5.74) is 0.380. The van der Waals surface area contributed by atoms with Crippen molar-refractivity contribution in [1.82, 2.24) is 4.90 Å². The summed E-state index contributed by atoms with van der Waals surface area (Å²) in [4.78, 5) is 14.1. The third-order valence-corrected chi connectivity index (χ3v) is 4.10. The summed E-state index contributed by atoms with van der Waals surface area (Å²) in [5.74, 6) is 0.583. The van der Waals surface area contributed by atoms with Gasteiger partial charge in [0.1, 0.15) is 0 Å². The van der Waals surface area contributed by atoms with Crippen LogP contribution in [0, 0.1) is 11.3 Å². The van der Waals surface area contributed by atoms with E-state index in [1.165, 1.54) is 19.2 Å². The van der Waals surface area contributed by atoms with E-state index in [0.29, 0.717) is 17.1 Å². The Hall–Kier alpha value is -1.93. The summed E-state index contributed by atoms with van der Waals surface area (Å²) in [6, 6.07) is 5.27. The number of carbonyl (C=O) groups excluding carboxylic acids is 1. The first-order chi connectivity index (χ1) is 10.6. The van der Waals surface area contributed by atoms with Crippen molar-refractivity contribution in [3.63, 3.8) is 0 Å². The number of rotatable bonds is 4. The first-order valence-electron chi connectivity index (χ1n) is 7.26. The summed E-state index contributed by atoms with van der Waals surface area (Å²) >= 11 is 6.11. The summed E-state index contributed by atoms with van der Waals surface area (Å²) in [6.45, 7) is 2.72. The van der Waals surface area contributed by atoms with Gasteiger partial charge in [-0.15, -0.1) is 0 Å². The summed E-state index contributed by atoms with van der Waals surface area (Å²) in [6.07, 6.45) is 3.20. The molecular formula is C16H19ClN2O3. The summed E-state index contributed by atoms with van der Waals surface area (Å²) < 4.78 is 10.7. The minimum absolute atomic E-state index is 0.0605. The van der Waals surface area contributed by atoms with Gasteiger partial charge in [-0.25, -0.2) is 0 Å². The van der Waals surface area contributed by atoms with Crippen LogP contribution in [0.2, 0.25) is 5.02 Å². The molecular weight excluding hydrogens is 304 g/mol. The predicted molar refractivity (Wildman–Crippen MR) is 83.2 cm³/mol. The van der Waals surface area contributed by atoms with Gasteiger partial charge in [0.15, 0.2) is 18.1 Å². The van der Waals surface area contributed by atoms with E-state index in [4.69, 9.17) is 26.3 Å². The molecule has 0 N–H and O–H groups in total. The highest BCUT2D eigenvalue weighted by Crippen LogP contribution is 2.36. The fraction of sp³-hybridized carbons (Fsp3) is 0.500. The minimum Gasteiger partial charge on any atom is -0.493 e. The zero-order valence-electron chi connectivity index (χ0n) is 12.8. The molecule has 2 rings (SSSR count). The van der Waals surface area contributed by atoms with E-state index in [-0.39, 0.29) is 23.6 Å². The van der Waals surface area contributed by atoms with Gasteiger partial charge in [-0.3, -0.25) is 4.79 Å². The van der Waals surface area contributed by atoms with Crippen molar-refractivity contribution >= 4 is 17.5 Å². The molecule has 5 nitrogen and oxygen atoms in total. The van der Waals surface area contributed by atoms with Crippen LogP contribution in [-0.4, -0.2) is 37.1 Å². The SMILES string of the molecule is COc1cc(C#N)cc(Cl)c1OCC(=O)N1CCCC[C@H]1C. The second kappa shape index (κ2) is 7.37. The first kappa shape index (κ1) is 16.4. The molecule has 1 heterocycles. The van der Waals surface area contributed by atoms with Crippen molar-refractivity contribution in [2.45, 2.75) is 32.2 Å². The van der Waals surface area contributed by atoms with Gasteiger partial charge < -0.3 is 14.4 Å². The lowest BCUT2D eigenvalue weighted by atomic mass is 10.0. The molecule has 0 aromatic heterocycles. The number of nitrogens with zero attached hydrogens (tertiary/aromatic N) is 2. The van der Waals surface area contributed by atoms with Gasteiger partial charge in [0, 0.05) is 18.7 Å². The number of benzene rings is 1. The zero-order chi connectivity index (χ0) is 16.1. The van der Waals surface area contributed by atoms with Crippen molar-refractivity contribution < 1.29 is 14.3 Å². The monoisotopic (exact) mass is 322 g/mol. The van der Waals surface area contributed by atoms with Crippen LogP contribution in [0.4, 0.5) is 0 Å². The first-order valence-corrected chi connectivity index (χ1v) is 7.64. The second-order valence-electron chi connectivity index (χ2n) is 5.32. The number of amides is 1. The van der Waals surface area contributed by atoms with Gasteiger partial charge in [0.25, 0.3) is 5.91 Å². The number of nitriles is 1. The number of hydrogen-bond acceptors (Lipinski definition) is 4. The molecule has 0 saturated carbocycles. The molecule has 1 amide bonds. The highest BCUT2D eigenvalue weighted by atomic mass is 35.5. The van der Waals surface area contributed by atoms with Crippen LogP contribution < -0.4 is 9.47 Å². The minimum atomic E-state index is -0.0910. The van der Waals surface area contributed by atoms with Gasteiger partial charge in [0.2, 0.25) is 0 Å². The van der Waals surface area contributed by atoms with Crippen molar-refractivity contribution in [2.24, 2.45) is 0 Å². The van der Waals surface area contributed by atoms with E-state index < -0.39 is 0 Å². The molecule has 0 unspecified atom stereocenters. The Morgan fingerprint density at radius 1 is 1.50 bits per heavy atom. The molecule has 0 bridgehead atoms. The Morgan fingerprint density at radius 3 is 2.91 bits per heavy atom. The maximum atomic E-state index is 12.3. The van der Waals surface area contributed by atoms with Gasteiger partial charge in [-0.1, -0.05) is 11.6 Å². The average molecular weight is 323 g/mol. The van der Waals surface area contributed by atoms with Gasteiger partial charge >= 0.3 is 0 Å². The molecule has 1 aromatic carbocycles. The Bertz CT molecular complexity index is 598. The topological polar surface area (TPSA) is 62.6 Å². The van der Waals surface area contributed by atoms with E-state index in [1.807, 2.05) is 17.9 Å². The lowest BCUT2D eigenvalue weighted by Gasteiger charge is -2.33. The number of carbonyl (C=O) groups is 1. The number of piperidine rings is 1. The molecule has 1 atom stereocenters. The maximum absolute atomic E-state index is 12.3. The Morgan fingerprint density at radius 2 is 2.27 bits per heavy atom. The summed E-state index contributed by atoms with van der Waals surface area (Å²) in [5, 5.41) is 9.18. The standard InChI is InChI=1S/C16H19ClN2O3/c1-11-5-3-4-6-19(11)15(20)10-22-16-13(17)7-12(9-18)8-14(16)21-2/h7-8,11H,3-6,10H2,1-2H3/t11-/m1/s1. The van der Waals surface area contributed by atoms with Gasteiger partial charge in [-0.05, 0) is 32.3 Å². The quantitative estimate of drug-likeness (QED) is 0.855. The van der Waals surface area contributed by atoms with Crippen LogP contribution in [0.15, 0.2) is 12.1 Å². The largest absolute Gasteiger partial charge is 0.493 e. The Balaban J connectivity index is 2.08. The molecule has 1 aliphatic rings. The number of hydrogen-bond donors (Lipinski definition) is 0. The highest BCUT2D eigenvalue weighted by Gasteiger charge is 2.24. The van der Waals surface area contributed by atoms with Gasteiger partial charge in [-0.2, -0.15) is 5.26 Å². The number of halogens is 1. The lowest BCUT2D eigenvalue weighted by molar-refractivity contribution is -0.136. The average Bonchev–Trinajstić information content (AvgIpc) is 2.53. The third kappa shape index (κ3) is 3.63. The molecule has 1 aromatic rings. The van der Waals surface area contributed by atoms with E-state index in [9.17, 15) is 4.79 Å². The third-order valence-electron chi connectivity index (χ3n) is 3.82. The highest BCUT2D eigenvalue weighted by molar-refractivity contribution is 6.32. The van der Waals surface area contributed by atoms with Crippen molar-refractivity contribution in [2.75, 3.05) is 20.3 Å². The van der Waals surface area contributed by atoms with Crippen molar-refractivity contribution in [1.29, 1.82) is 5.26 Å². The Labute approximate surface area is 135 Å². The molecule has 1 fully saturated rings. The lowest BCUT2D eigenvalue weighted by Crippen LogP contribution is -2.44. The predicted octanol–water partition coefficient (Wildman–Crippen LogP) is 3.00. The molecule has 1 saturated heterocycles. The van der Waals surface area contributed by atoms with E-state index in [2.05, 4.69) is 0 Å². The molecule has 118 valence electrons. The summed E-state index contributed by atoms with van der Waals surface area (Å²) in [7, 11) is 1.47. The number of likely N-dealkylation sites (tertiary alicyclic amines) is 1. The fourth-order valence-electron chi connectivity index (χ4n) is 2.61. The van der Waals surface area contributed by atoms with Gasteiger partial charge in [0.05, 0.1) is 23.8 Å². The van der Waals surface area contributed by atoms with Crippen LogP contribution in [0.25, 0.3) is 0 Å². The second-order valence-corrected chi connectivity index (χ2v) is 5.73. The van der Waals surface area contributed by atoms with E-state index >= 15 is 0 Å². The molecule has 1 aliphatic heterocycles. The maximum Gasteiger partial charge on any atom is 0.260 e. The van der Waals surface area contributed by atoms with Crippen molar-refractivity contribution in [3.8, 4) is 17.6 Å². The fourth-order valence-corrected chi connectivity index (χ4v) is 2.88. The van der Waals surface area contributed by atoms with Crippen LogP contribution in [-0.2, 0) is 4.79 Å². The number of methoxy groups -OCH3 is 1. The van der Waals surface area contributed by atoms with Crippen LogP contribution in [0.3, 0.4) is 0 Å². The molecule has 22 heavy (non-hydrogen) atoms. The van der Waals surface area contributed by atoms with Crippen LogP contribution >= 0.6 is 11.6 Å². The molecule has 0 spiro atoms. The van der Waals surface area contributed by atoms with Crippen LogP contribution in [0.5, 0.6) is 11.5 Å². The smallest absolute Gasteiger partial charge is 0.260 e. The van der Waals surface area contributed by atoms with E-state index in [1.54, 1.807) is 0 Å². The normalized spacial score (nSPS) is 17.7. The Kier molecular flexibility index (Phi) is 5.51. The van der Waals surface area contributed by atoms with E-state index in [0.717, 1.165) is 25.8 Å². The molecule has 0 aliphatic carbocycles. The molecule has 6 heteroatoms.